The first-order valence-electron chi connectivity index (χ1n) is 4.50. The Balaban J connectivity index is 0.000000461. The Kier molecular flexibility index (Phi) is 6.24. The molecule has 0 spiro atoms. The number of ether oxygens (including phenoxy) is 1. The van der Waals surface area contributed by atoms with E-state index in [1.54, 1.807) is 0 Å². The quantitative estimate of drug-likeness (QED) is 0.558. The van der Waals surface area contributed by atoms with Gasteiger partial charge in [0.15, 0.2) is 0 Å². The van der Waals surface area contributed by atoms with E-state index in [0.29, 0.717) is 6.10 Å². The molecule has 0 aliphatic carbocycles. The van der Waals surface area contributed by atoms with Crippen molar-refractivity contribution in [1.82, 2.24) is 0 Å². The summed E-state index contributed by atoms with van der Waals surface area (Å²) in [5.74, 6) is 0.856. The Morgan fingerprint density at radius 3 is 2.27 bits per heavy atom. The smallest absolute Gasteiger partial charge is 0.0601 e. The molecule has 1 fully saturated rings. The van der Waals surface area contributed by atoms with Gasteiger partial charge in [-0.1, -0.05) is 20.3 Å². The maximum absolute atomic E-state index is 5.51. The van der Waals surface area contributed by atoms with Gasteiger partial charge in [0.1, 0.15) is 0 Å². The summed E-state index contributed by atoms with van der Waals surface area (Å²) in [6.07, 6.45) is 4.35. The minimum atomic E-state index is 0.579. The SMILES string of the molecule is C=C.CCC1CCOC1CC. The van der Waals surface area contributed by atoms with E-state index >= 15 is 0 Å². The molecule has 0 radical (unpaired) electrons. The normalized spacial score (nSPS) is 29.3. The van der Waals surface area contributed by atoms with Crippen LogP contribution in [0.15, 0.2) is 13.2 Å². The maximum atomic E-state index is 5.51. The van der Waals surface area contributed by atoms with Gasteiger partial charge in [0, 0.05) is 6.61 Å². The van der Waals surface area contributed by atoms with Gasteiger partial charge in [-0.3, -0.25) is 0 Å². The zero-order valence-corrected chi connectivity index (χ0v) is 7.81. The fourth-order valence-corrected chi connectivity index (χ4v) is 1.61. The van der Waals surface area contributed by atoms with Gasteiger partial charge in [-0.25, -0.2) is 0 Å². The third-order valence-corrected chi connectivity index (χ3v) is 2.27. The van der Waals surface area contributed by atoms with Crippen LogP contribution in [0, 0.1) is 5.92 Å². The molecule has 1 heteroatoms. The van der Waals surface area contributed by atoms with Crippen molar-refractivity contribution >= 4 is 0 Å². The summed E-state index contributed by atoms with van der Waals surface area (Å²) in [7, 11) is 0. The first-order valence-corrected chi connectivity index (χ1v) is 4.50. The molecule has 0 bridgehead atoms. The Hall–Kier alpha value is -0.300. The molecule has 1 aliphatic heterocycles. The van der Waals surface area contributed by atoms with Crippen LogP contribution in [0.1, 0.15) is 33.1 Å². The second-order valence-corrected chi connectivity index (χ2v) is 2.77. The molecule has 0 aromatic heterocycles. The third kappa shape index (κ3) is 3.06. The van der Waals surface area contributed by atoms with Gasteiger partial charge in [-0.05, 0) is 18.8 Å². The number of hydrogen-bond acceptors (Lipinski definition) is 1. The maximum Gasteiger partial charge on any atom is 0.0601 e. The highest BCUT2D eigenvalue weighted by molar-refractivity contribution is 4.73. The standard InChI is InChI=1S/C8H16O.C2H4/c1-3-7-5-6-9-8(7)4-2;1-2/h7-8H,3-6H2,1-2H3;1-2H2. The zero-order chi connectivity index (χ0) is 8.69. The van der Waals surface area contributed by atoms with Crippen LogP contribution in [-0.4, -0.2) is 12.7 Å². The van der Waals surface area contributed by atoms with Crippen LogP contribution in [0.5, 0.6) is 0 Å². The summed E-state index contributed by atoms with van der Waals surface area (Å²) in [5.41, 5.74) is 0. The third-order valence-electron chi connectivity index (χ3n) is 2.27. The number of rotatable bonds is 2. The van der Waals surface area contributed by atoms with Crippen LogP contribution in [0.4, 0.5) is 0 Å². The van der Waals surface area contributed by atoms with E-state index in [-0.39, 0.29) is 0 Å². The van der Waals surface area contributed by atoms with Gasteiger partial charge in [0.25, 0.3) is 0 Å². The highest BCUT2D eigenvalue weighted by atomic mass is 16.5. The largest absolute Gasteiger partial charge is 0.378 e. The van der Waals surface area contributed by atoms with E-state index in [2.05, 4.69) is 27.0 Å². The van der Waals surface area contributed by atoms with Crippen molar-refractivity contribution in [2.75, 3.05) is 6.61 Å². The predicted molar refractivity (Wildman–Crippen MR) is 49.7 cm³/mol. The average Bonchev–Trinajstić information content (AvgIpc) is 2.54. The molecule has 0 aromatic carbocycles. The fraction of sp³-hybridized carbons (Fsp3) is 0.800. The Morgan fingerprint density at radius 1 is 1.27 bits per heavy atom. The summed E-state index contributed by atoms with van der Waals surface area (Å²) in [6.45, 7) is 11.5. The summed E-state index contributed by atoms with van der Waals surface area (Å²) in [4.78, 5) is 0. The van der Waals surface area contributed by atoms with Gasteiger partial charge in [0.2, 0.25) is 0 Å². The van der Waals surface area contributed by atoms with Crippen LogP contribution in [0.25, 0.3) is 0 Å². The lowest BCUT2D eigenvalue weighted by Crippen LogP contribution is -2.13. The summed E-state index contributed by atoms with van der Waals surface area (Å²) in [6, 6.07) is 0. The van der Waals surface area contributed by atoms with Crippen molar-refractivity contribution in [3.05, 3.63) is 13.2 Å². The van der Waals surface area contributed by atoms with Gasteiger partial charge < -0.3 is 4.74 Å². The van der Waals surface area contributed by atoms with Crippen LogP contribution in [-0.2, 0) is 4.74 Å². The summed E-state index contributed by atoms with van der Waals surface area (Å²) >= 11 is 0. The lowest BCUT2D eigenvalue weighted by atomic mass is 9.97. The molecule has 0 saturated carbocycles. The van der Waals surface area contributed by atoms with Crippen LogP contribution < -0.4 is 0 Å². The topological polar surface area (TPSA) is 9.23 Å². The second kappa shape index (κ2) is 6.41. The molecule has 2 unspecified atom stereocenters. The Labute approximate surface area is 70.4 Å². The van der Waals surface area contributed by atoms with Crippen LogP contribution in [0.3, 0.4) is 0 Å². The number of hydrogen-bond donors (Lipinski definition) is 0. The van der Waals surface area contributed by atoms with Crippen molar-refractivity contribution in [3.8, 4) is 0 Å². The van der Waals surface area contributed by atoms with Crippen molar-refractivity contribution < 1.29 is 4.74 Å². The molecule has 2 atom stereocenters. The Morgan fingerprint density at radius 2 is 1.91 bits per heavy atom. The molecule has 1 saturated heterocycles. The van der Waals surface area contributed by atoms with Crippen molar-refractivity contribution in [3.63, 3.8) is 0 Å². The van der Waals surface area contributed by atoms with E-state index in [4.69, 9.17) is 4.74 Å². The minimum absolute atomic E-state index is 0.579. The van der Waals surface area contributed by atoms with E-state index in [9.17, 15) is 0 Å². The fourth-order valence-electron chi connectivity index (χ4n) is 1.61. The zero-order valence-electron chi connectivity index (χ0n) is 7.81. The molecule has 1 nitrogen and oxygen atoms in total. The molecule has 1 heterocycles. The highest BCUT2D eigenvalue weighted by Crippen LogP contribution is 2.25. The molecule has 11 heavy (non-hydrogen) atoms. The molecule has 1 rings (SSSR count). The van der Waals surface area contributed by atoms with E-state index in [1.165, 1.54) is 19.3 Å². The van der Waals surface area contributed by atoms with Gasteiger partial charge >= 0.3 is 0 Å². The highest BCUT2D eigenvalue weighted by Gasteiger charge is 2.24. The van der Waals surface area contributed by atoms with Gasteiger partial charge in [-0.15, -0.1) is 13.2 Å². The Bertz CT molecular complexity index is 80.9. The molecule has 0 aromatic rings. The van der Waals surface area contributed by atoms with Crippen molar-refractivity contribution in [2.45, 2.75) is 39.2 Å². The molecule has 66 valence electrons. The lowest BCUT2D eigenvalue weighted by molar-refractivity contribution is 0.0867. The monoisotopic (exact) mass is 156 g/mol. The average molecular weight is 156 g/mol. The molecule has 0 amide bonds. The van der Waals surface area contributed by atoms with E-state index in [1.807, 2.05) is 0 Å². The predicted octanol–water partition coefficient (Wildman–Crippen LogP) is 3.01. The molecular formula is C10H20O. The van der Waals surface area contributed by atoms with Crippen molar-refractivity contribution in [1.29, 1.82) is 0 Å². The second-order valence-electron chi connectivity index (χ2n) is 2.77. The van der Waals surface area contributed by atoms with Crippen LogP contribution in [0.2, 0.25) is 0 Å². The minimum Gasteiger partial charge on any atom is -0.378 e. The molecular weight excluding hydrogens is 136 g/mol. The van der Waals surface area contributed by atoms with E-state index in [0.717, 1.165) is 12.5 Å². The molecule has 0 N–H and O–H groups in total. The first-order chi connectivity index (χ1) is 5.38. The van der Waals surface area contributed by atoms with Crippen LogP contribution >= 0.6 is 0 Å². The van der Waals surface area contributed by atoms with Crippen molar-refractivity contribution in [2.24, 2.45) is 5.92 Å². The van der Waals surface area contributed by atoms with E-state index < -0.39 is 0 Å². The first kappa shape index (κ1) is 10.7. The molecule has 1 aliphatic rings. The van der Waals surface area contributed by atoms with Gasteiger partial charge in [0.05, 0.1) is 6.10 Å². The summed E-state index contributed by atoms with van der Waals surface area (Å²) < 4.78 is 5.51. The lowest BCUT2D eigenvalue weighted by Gasteiger charge is -2.13. The van der Waals surface area contributed by atoms with Gasteiger partial charge in [-0.2, -0.15) is 0 Å². The summed E-state index contributed by atoms with van der Waals surface area (Å²) in [5, 5.41) is 0.